The van der Waals surface area contributed by atoms with Crippen LogP contribution in [0.2, 0.25) is 0 Å². The zero-order valence-corrected chi connectivity index (χ0v) is 17.5. The highest BCUT2D eigenvalue weighted by atomic mass is 16.2. The van der Waals surface area contributed by atoms with Crippen molar-refractivity contribution in [2.45, 2.75) is 33.2 Å². The molecule has 158 valence electrons. The monoisotopic (exact) mass is 417 g/mol. The van der Waals surface area contributed by atoms with Crippen molar-refractivity contribution in [3.63, 3.8) is 0 Å². The number of aromatic nitrogens is 2. The highest BCUT2D eigenvalue weighted by Gasteiger charge is 2.36. The molecule has 3 aromatic rings. The first-order valence-corrected chi connectivity index (χ1v) is 9.96. The normalized spacial score (nSPS) is 14.7. The lowest BCUT2D eigenvalue weighted by Gasteiger charge is -2.10. The maximum atomic E-state index is 12.6. The number of hydrogen-bond donors (Lipinski definition) is 3. The molecule has 8 heteroatoms. The molecule has 0 radical (unpaired) electrons. The summed E-state index contributed by atoms with van der Waals surface area (Å²) in [5, 5.41) is 12.9. The topological polar surface area (TPSA) is 105 Å². The summed E-state index contributed by atoms with van der Waals surface area (Å²) in [5.41, 5.74) is 4.99. The number of hydrogen-bond acceptors (Lipinski definition) is 4. The van der Waals surface area contributed by atoms with Crippen LogP contribution in [0.15, 0.2) is 48.5 Å². The summed E-state index contributed by atoms with van der Waals surface area (Å²) in [5.74, 6) is -0.111. The van der Waals surface area contributed by atoms with E-state index in [0.29, 0.717) is 17.2 Å². The number of nitrogens with zero attached hydrogens (tertiary/aromatic N) is 2. The van der Waals surface area contributed by atoms with Gasteiger partial charge in [-0.2, -0.15) is 5.10 Å². The first-order chi connectivity index (χ1) is 14.8. The van der Waals surface area contributed by atoms with Crippen molar-refractivity contribution < 1.29 is 14.4 Å². The average Bonchev–Trinajstić information content (AvgIpc) is 3.18. The maximum Gasteiger partial charge on any atom is 0.251 e. The molecule has 1 unspecified atom stereocenters. The Morgan fingerprint density at radius 2 is 1.61 bits per heavy atom. The molecule has 2 aromatic carbocycles. The molecule has 1 aromatic heterocycles. The molecule has 1 aliphatic heterocycles. The summed E-state index contributed by atoms with van der Waals surface area (Å²) in [6.07, 6.45) is -0.0409. The fourth-order valence-corrected chi connectivity index (χ4v) is 3.68. The van der Waals surface area contributed by atoms with Gasteiger partial charge in [0.15, 0.2) is 0 Å². The molecule has 2 heterocycles. The van der Waals surface area contributed by atoms with E-state index in [4.69, 9.17) is 0 Å². The van der Waals surface area contributed by atoms with Gasteiger partial charge in [-0.1, -0.05) is 29.8 Å². The number of benzene rings is 2. The molecule has 0 aliphatic carbocycles. The van der Waals surface area contributed by atoms with Crippen LogP contribution < -0.4 is 16.0 Å². The van der Waals surface area contributed by atoms with Gasteiger partial charge in [0.25, 0.3) is 5.91 Å². The van der Waals surface area contributed by atoms with E-state index in [0.717, 1.165) is 22.4 Å². The number of rotatable bonds is 5. The van der Waals surface area contributed by atoms with Gasteiger partial charge in [0, 0.05) is 23.9 Å². The highest BCUT2D eigenvalue weighted by molar-refractivity contribution is 6.04. The summed E-state index contributed by atoms with van der Waals surface area (Å²) < 4.78 is 1.60. The van der Waals surface area contributed by atoms with Gasteiger partial charge in [0.2, 0.25) is 11.8 Å². The summed E-state index contributed by atoms with van der Waals surface area (Å²) in [7, 11) is 0. The number of amides is 3. The maximum absolute atomic E-state index is 12.6. The van der Waals surface area contributed by atoms with Crippen LogP contribution in [-0.4, -0.2) is 27.5 Å². The fourth-order valence-electron chi connectivity index (χ4n) is 3.68. The van der Waals surface area contributed by atoms with Gasteiger partial charge in [0.1, 0.15) is 11.9 Å². The van der Waals surface area contributed by atoms with Gasteiger partial charge in [-0.25, -0.2) is 4.68 Å². The van der Waals surface area contributed by atoms with Gasteiger partial charge in [-0.15, -0.1) is 0 Å². The Balaban J connectivity index is 1.50. The first-order valence-electron chi connectivity index (χ1n) is 9.96. The summed E-state index contributed by atoms with van der Waals surface area (Å²) in [4.78, 5) is 36.3. The zero-order valence-electron chi connectivity index (χ0n) is 17.5. The molecule has 0 fully saturated rings. The van der Waals surface area contributed by atoms with Crippen LogP contribution in [0.3, 0.4) is 0 Å². The van der Waals surface area contributed by atoms with Crippen LogP contribution in [0.1, 0.15) is 30.6 Å². The van der Waals surface area contributed by atoms with Crippen molar-refractivity contribution >= 4 is 34.9 Å². The van der Waals surface area contributed by atoms with Crippen molar-refractivity contribution in [1.82, 2.24) is 9.78 Å². The molecular weight excluding hydrogens is 394 g/mol. The predicted molar refractivity (Wildman–Crippen MR) is 119 cm³/mol. The van der Waals surface area contributed by atoms with E-state index in [1.54, 1.807) is 28.9 Å². The van der Waals surface area contributed by atoms with Gasteiger partial charge in [0.05, 0.1) is 12.1 Å². The van der Waals surface area contributed by atoms with E-state index in [1.165, 1.54) is 6.92 Å². The third-order valence-electron chi connectivity index (χ3n) is 5.13. The first kappa shape index (κ1) is 20.3. The van der Waals surface area contributed by atoms with E-state index < -0.39 is 6.04 Å². The lowest BCUT2D eigenvalue weighted by molar-refractivity contribution is -0.123. The van der Waals surface area contributed by atoms with E-state index in [1.807, 2.05) is 38.1 Å². The van der Waals surface area contributed by atoms with Crippen LogP contribution in [0, 0.1) is 13.8 Å². The summed E-state index contributed by atoms with van der Waals surface area (Å²) in [6, 6.07) is 14.1. The van der Waals surface area contributed by atoms with E-state index in [-0.39, 0.29) is 24.1 Å². The summed E-state index contributed by atoms with van der Waals surface area (Å²) >= 11 is 0. The Kier molecular flexibility index (Phi) is 5.29. The minimum absolute atomic E-state index is 0.0409. The summed E-state index contributed by atoms with van der Waals surface area (Å²) in [6.45, 7) is 5.33. The van der Waals surface area contributed by atoms with Crippen molar-refractivity contribution in [2.75, 3.05) is 16.0 Å². The minimum atomic E-state index is -0.716. The van der Waals surface area contributed by atoms with E-state index >= 15 is 0 Å². The number of anilines is 3. The fraction of sp³-hybridized carbons (Fsp3) is 0.217. The molecule has 0 spiro atoms. The smallest absolute Gasteiger partial charge is 0.251 e. The molecule has 0 saturated heterocycles. The zero-order chi connectivity index (χ0) is 22.1. The molecule has 1 aliphatic rings. The Hall–Kier alpha value is -3.94. The van der Waals surface area contributed by atoms with Crippen molar-refractivity contribution in [3.05, 3.63) is 59.8 Å². The molecule has 8 nitrogen and oxygen atoms in total. The van der Waals surface area contributed by atoms with E-state index in [2.05, 4.69) is 21.0 Å². The van der Waals surface area contributed by atoms with Gasteiger partial charge >= 0.3 is 0 Å². The molecule has 4 rings (SSSR count). The predicted octanol–water partition coefficient (Wildman–Crippen LogP) is 3.65. The molecule has 31 heavy (non-hydrogen) atoms. The molecule has 3 N–H and O–H groups in total. The third-order valence-corrected chi connectivity index (χ3v) is 5.13. The molecule has 1 atom stereocenters. The Morgan fingerprint density at radius 3 is 2.23 bits per heavy atom. The number of aryl methyl sites for hydroxylation is 2. The highest BCUT2D eigenvalue weighted by Crippen LogP contribution is 2.38. The number of carbonyl (C=O) groups is 3. The molecule has 0 bridgehead atoms. The second-order valence-corrected chi connectivity index (χ2v) is 7.64. The minimum Gasteiger partial charge on any atom is -0.326 e. The Morgan fingerprint density at radius 1 is 1.00 bits per heavy atom. The molecule has 0 saturated carbocycles. The number of carbonyl (C=O) groups excluding carboxylic acids is 3. The van der Waals surface area contributed by atoms with Crippen LogP contribution >= 0.6 is 0 Å². The SMILES string of the molecule is CC(=O)Nc1ccc(NC(=O)CC2C(=O)Nc3c(-c4ccc(C)cc4)c(C)nn32)cc1. The van der Waals surface area contributed by atoms with Crippen LogP contribution in [0.4, 0.5) is 17.2 Å². The van der Waals surface area contributed by atoms with Crippen molar-refractivity contribution in [1.29, 1.82) is 0 Å². The van der Waals surface area contributed by atoms with Crippen LogP contribution in [0.5, 0.6) is 0 Å². The third kappa shape index (κ3) is 4.18. The number of fused-ring (bicyclic) bond motifs is 1. The second-order valence-electron chi connectivity index (χ2n) is 7.64. The standard InChI is InChI=1S/C23H23N5O3/c1-13-4-6-16(7-5-13)21-14(2)27-28-19(23(31)26-22(21)28)12-20(30)25-18-10-8-17(9-11-18)24-15(3)29/h4-11,19H,12H2,1-3H3,(H,24,29)(H,25,30)(H,26,31). The van der Waals surface area contributed by atoms with E-state index in [9.17, 15) is 14.4 Å². The van der Waals surface area contributed by atoms with Crippen molar-refractivity contribution in [2.24, 2.45) is 0 Å². The Labute approximate surface area is 179 Å². The lowest BCUT2D eigenvalue weighted by atomic mass is 10.0. The van der Waals surface area contributed by atoms with Gasteiger partial charge < -0.3 is 16.0 Å². The number of nitrogens with one attached hydrogen (secondary N) is 3. The largest absolute Gasteiger partial charge is 0.326 e. The lowest BCUT2D eigenvalue weighted by Crippen LogP contribution is -2.23. The quantitative estimate of drug-likeness (QED) is 0.589. The van der Waals surface area contributed by atoms with Gasteiger partial charge in [-0.05, 0) is 43.7 Å². The average molecular weight is 417 g/mol. The van der Waals surface area contributed by atoms with Crippen LogP contribution in [-0.2, 0) is 14.4 Å². The van der Waals surface area contributed by atoms with Crippen molar-refractivity contribution in [3.8, 4) is 11.1 Å². The second kappa shape index (κ2) is 8.06. The van der Waals surface area contributed by atoms with Crippen LogP contribution in [0.25, 0.3) is 11.1 Å². The molecule has 3 amide bonds. The molecular formula is C23H23N5O3. The Bertz CT molecular complexity index is 1160. The van der Waals surface area contributed by atoms with Gasteiger partial charge in [-0.3, -0.25) is 14.4 Å².